The third kappa shape index (κ3) is 3.60. The first kappa shape index (κ1) is 16.3. The van der Waals surface area contributed by atoms with Crippen LogP contribution in [0.1, 0.15) is 31.4 Å². The third-order valence-corrected chi connectivity index (χ3v) is 5.84. The molecule has 0 spiro atoms. The summed E-state index contributed by atoms with van der Waals surface area (Å²) in [6.07, 6.45) is 3.72. The van der Waals surface area contributed by atoms with E-state index in [9.17, 15) is 4.79 Å². The summed E-state index contributed by atoms with van der Waals surface area (Å²) in [5.41, 5.74) is 7.00. The van der Waals surface area contributed by atoms with Crippen LogP contribution in [0.2, 0.25) is 0 Å². The van der Waals surface area contributed by atoms with Crippen molar-refractivity contribution < 1.29 is 9.21 Å². The molecule has 3 N–H and O–H groups in total. The molecule has 3 aromatic rings. The monoisotopic (exact) mass is 355 g/mol. The summed E-state index contributed by atoms with van der Waals surface area (Å²) in [6.45, 7) is 0.395. The molecule has 1 aromatic carbocycles. The first-order valence-electron chi connectivity index (χ1n) is 8.66. The van der Waals surface area contributed by atoms with Crippen LogP contribution in [0.3, 0.4) is 0 Å². The van der Waals surface area contributed by atoms with E-state index in [1.807, 2.05) is 36.4 Å². The SMILES string of the molecule is N[C@@H]1CCC[C@H]1CC(=O)NCc1ccc(-c2nc3ccccc3s2)o1. The lowest BCUT2D eigenvalue weighted by Crippen LogP contribution is -2.31. The van der Waals surface area contributed by atoms with E-state index >= 15 is 0 Å². The molecule has 1 saturated carbocycles. The maximum absolute atomic E-state index is 12.1. The van der Waals surface area contributed by atoms with E-state index in [2.05, 4.69) is 10.3 Å². The highest BCUT2D eigenvalue weighted by molar-refractivity contribution is 7.21. The number of para-hydroxylation sites is 1. The zero-order valence-electron chi connectivity index (χ0n) is 13.9. The Morgan fingerprint density at radius 1 is 1.28 bits per heavy atom. The lowest BCUT2D eigenvalue weighted by Gasteiger charge is -2.14. The summed E-state index contributed by atoms with van der Waals surface area (Å²) in [7, 11) is 0. The van der Waals surface area contributed by atoms with E-state index in [0.717, 1.165) is 46.0 Å². The number of nitrogens with zero attached hydrogens (tertiary/aromatic N) is 1. The van der Waals surface area contributed by atoms with Gasteiger partial charge in [0.2, 0.25) is 5.91 Å². The molecule has 25 heavy (non-hydrogen) atoms. The van der Waals surface area contributed by atoms with Crippen LogP contribution in [0.4, 0.5) is 0 Å². The molecule has 2 aromatic heterocycles. The lowest BCUT2D eigenvalue weighted by atomic mass is 10.00. The molecule has 1 fully saturated rings. The number of fused-ring (bicyclic) bond motifs is 1. The number of amides is 1. The minimum Gasteiger partial charge on any atom is -0.457 e. The summed E-state index contributed by atoms with van der Waals surface area (Å²) in [4.78, 5) is 16.7. The van der Waals surface area contributed by atoms with Crippen LogP contribution >= 0.6 is 11.3 Å². The molecule has 1 aliphatic rings. The molecule has 2 heterocycles. The molecule has 2 atom stereocenters. The minimum absolute atomic E-state index is 0.0419. The van der Waals surface area contributed by atoms with Crippen molar-refractivity contribution in [3.05, 3.63) is 42.2 Å². The van der Waals surface area contributed by atoms with E-state index < -0.39 is 0 Å². The Morgan fingerprint density at radius 3 is 2.96 bits per heavy atom. The Kier molecular flexibility index (Phi) is 4.55. The normalized spacial score (nSPS) is 20.2. The van der Waals surface area contributed by atoms with E-state index in [-0.39, 0.29) is 11.9 Å². The third-order valence-electron chi connectivity index (χ3n) is 4.79. The standard InChI is InChI=1S/C19H21N3O2S/c20-14-5-3-4-12(14)10-18(23)21-11-13-8-9-16(24-13)19-22-15-6-1-2-7-17(15)25-19/h1-2,6-9,12,14H,3-5,10-11,20H2,(H,21,23)/t12-,14+/m0/s1. The highest BCUT2D eigenvalue weighted by Crippen LogP contribution is 2.31. The molecule has 0 bridgehead atoms. The number of hydrogen-bond acceptors (Lipinski definition) is 5. The molecule has 130 valence electrons. The molecule has 0 unspecified atom stereocenters. The Labute approximate surface area is 150 Å². The average molecular weight is 355 g/mol. The van der Waals surface area contributed by atoms with Crippen LogP contribution in [0, 0.1) is 5.92 Å². The van der Waals surface area contributed by atoms with Crippen LogP contribution in [-0.2, 0) is 11.3 Å². The molecule has 0 aliphatic heterocycles. The highest BCUT2D eigenvalue weighted by Gasteiger charge is 2.26. The predicted molar refractivity (Wildman–Crippen MR) is 99.1 cm³/mol. The number of benzene rings is 1. The summed E-state index contributed by atoms with van der Waals surface area (Å²) < 4.78 is 6.99. The Balaban J connectivity index is 1.37. The minimum atomic E-state index is 0.0419. The second-order valence-corrected chi connectivity index (χ2v) is 7.62. The Bertz CT molecular complexity index is 853. The van der Waals surface area contributed by atoms with Crippen LogP contribution in [0.15, 0.2) is 40.8 Å². The Morgan fingerprint density at radius 2 is 2.16 bits per heavy atom. The van der Waals surface area contributed by atoms with Crippen molar-refractivity contribution in [2.45, 2.75) is 38.3 Å². The van der Waals surface area contributed by atoms with E-state index in [4.69, 9.17) is 10.2 Å². The van der Waals surface area contributed by atoms with Crippen LogP contribution in [-0.4, -0.2) is 16.9 Å². The van der Waals surface area contributed by atoms with Gasteiger partial charge in [0.05, 0.1) is 16.8 Å². The molecule has 0 saturated heterocycles. The molecular weight excluding hydrogens is 334 g/mol. The molecule has 0 radical (unpaired) electrons. The van der Waals surface area contributed by atoms with Gasteiger partial charge in [0.25, 0.3) is 0 Å². The number of rotatable bonds is 5. The maximum atomic E-state index is 12.1. The van der Waals surface area contributed by atoms with Crippen molar-refractivity contribution in [2.75, 3.05) is 0 Å². The molecule has 1 aliphatic carbocycles. The number of aromatic nitrogens is 1. The van der Waals surface area contributed by atoms with E-state index in [1.54, 1.807) is 11.3 Å². The molecule has 5 nitrogen and oxygen atoms in total. The number of nitrogens with one attached hydrogen (secondary N) is 1. The first-order chi connectivity index (χ1) is 12.2. The number of thiazole rings is 1. The van der Waals surface area contributed by atoms with Gasteiger partial charge >= 0.3 is 0 Å². The second kappa shape index (κ2) is 6.98. The lowest BCUT2D eigenvalue weighted by molar-refractivity contribution is -0.122. The summed E-state index contributed by atoms with van der Waals surface area (Å²) in [5.74, 6) is 1.83. The van der Waals surface area contributed by atoms with Crippen LogP contribution in [0.25, 0.3) is 21.0 Å². The number of furan rings is 1. The molecule has 4 rings (SSSR count). The Hall–Kier alpha value is -2.18. The fourth-order valence-corrected chi connectivity index (χ4v) is 4.31. The van der Waals surface area contributed by atoms with Gasteiger partial charge in [0.1, 0.15) is 5.76 Å². The van der Waals surface area contributed by atoms with Crippen molar-refractivity contribution in [1.29, 1.82) is 0 Å². The van der Waals surface area contributed by atoms with Crippen molar-refractivity contribution in [2.24, 2.45) is 11.7 Å². The number of nitrogens with two attached hydrogens (primary N) is 1. The quantitative estimate of drug-likeness (QED) is 0.731. The summed E-state index contributed by atoms with van der Waals surface area (Å²) in [5, 5.41) is 3.79. The van der Waals surface area contributed by atoms with Crippen LogP contribution < -0.4 is 11.1 Å². The predicted octanol–water partition coefficient (Wildman–Crippen LogP) is 3.69. The van der Waals surface area contributed by atoms with Gasteiger partial charge in [-0.05, 0) is 43.0 Å². The molecule has 6 heteroatoms. The number of hydrogen-bond donors (Lipinski definition) is 2. The molecule has 1 amide bonds. The van der Waals surface area contributed by atoms with Crippen molar-refractivity contribution >= 4 is 27.5 Å². The van der Waals surface area contributed by atoms with Gasteiger partial charge in [-0.15, -0.1) is 11.3 Å². The second-order valence-electron chi connectivity index (χ2n) is 6.59. The summed E-state index contributed by atoms with van der Waals surface area (Å²) in [6, 6.07) is 12.0. The van der Waals surface area contributed by atoms with Gasteiger partial charge in [-0.25, -0.2) is 4.98 Å². The topological polar surface area (TPSA) is 81.2 Å². The zero-order chi connectivity index (χ0) is 17.2. The van der Waals surface area contributed by atoms with Gasteiger partial charge < -0.3 is 15.5 Å². The molecular formula is C19H21N3O2S. The zero-order valence-corrected chi connectivity index (χ0v) is 14.7. The van der Waals surface area contributed by atoms with Crippen LogP contribution in [0.5, 0.6) is 0 Å². The summed E-state index contributed by atoms with van der Waals surface area (Å²) >= 11 is 1.60. The van der Waals surface area contributed by atoms with Gasteiger partial charge in [-0.3, -0.25) is 4.79 Å². The highest BCUT2D eigenvalue weighted by atomic mass is 32.1. The van der Waals surface area contributed by atoms with Gasteiger partial charge in [0, 0.05) is 12.5 Å². The number of carbonyl (C=O) groups excluding carboxylic acids is 1. The van der Waals surface area contributed by atoms with Gasteiger partial charge in [0.15, 0.2) is 10.8 Å². The smallest absolute Gasteiger partial charge is 0.220 e. The van der Waals surface area contributed by atoms with E-state index in [1.165, 1.54) is 0 Å². The maximum Gasteiger partial charge on any atom is 0.220 e. The van der Waals surface area contributed by atoms with Gasteiger partial charge in [-0.1, -0.05) is 18.6 Å². The first-order valence-corrected chi connectivity index (χ1v) is 9.47. The number of carbonyl (C=O) groups is 1. The van der Waals surface area contributed by atoms with Crippen molar-refractivity contribution in [3.8, 4) is 10.8 Å². The van der Waals surface area contributed by atoms with E-state index in [0.29, 0.717) is 18.9 Å². The van der Waals surface area contributed by atoms with Crippen molar-refractivity contribution in [3.63, 3.8) is 0 Å². The van der Waals surface area contributed by atoms with Gasteiger partial charge in [-0.2, -0.15) is 0 Å². The fourth-order valence-electron chi connectivity index (χ4n) is 3.38. The fraction of sp³-hybridized carbons (Fsp3) is 0.368. The average Bonchev–Trinajstić information content (AvgIpc) is 3.32. The van der Waals surface area contributed by atoms with Crippen molar-refractivity contribution in [1.82, 2.24) is 10.3 Å². The largest absolute Gasteiger partial charge is 0.457 e.